The van der Waals surface area contributed by atoms with Crippen LogP contribution < -0.4 is 19.6 Å². The van der Waals surface area contributed by atoms with Crippen molar-refractivity contribution in [2.75, 3.05) is 14.2 Å². The smallest absolute Gasteiger partial charge is 0.387 e. The summed E-state index contributed by atoms with van der Waals surface area (Å²) in [6, 6.07) is 5.86. The third-order valence-electron chi connectivity index (χ3n) is 2.81. The molecule has 9 heteroatoms. The van der Waals surface area contributed by atoms with E-state index in [1.807, 2.05) is 0 Å². The van der Waals surface area contributed by atoms with E-state index in [4.69, 9.17) is 13.9 Å². The average Bonchev–Trinajstić information content (AvgIpc) is 3.09. The topological polar surface area (TPSA) is 82.3 Å². The van der Waals surface area contributed by atoms with Crippen LogP contribution in [0.15, 0.2) is 40.0 Å². The molecule has 0 saturated heterocycles. The molecule has 7 nitrogen and oxygen atoms in total. The van der Waals surface area contributed by atoms with Gasteiger partial charge in [0.05, 0.1) is 26.7 Å². The normalized spacial score (nSPS) is 10.9. The first-order valence-electron chi connectivity index (χ1n) is 6.63. The molecule has 1 amide bonds. The molecule has 0 aliphatic rings. The second kappa shape index (κ2) is 7.95. The molecule has 128 valence electrons. The minimum atomic E-state index is -3.03. The van der Waals surface area contributed by atoms with Gasteiger partial charge >= 0.3 is 12.5 Å². The van der Waals surface area contributed by atoms with Crippen LogP contribution >= 0.6 is 0 Å². The summed E-state index contributed by atoms with van der Waals surface area (Å²) in [5.74, 6) is -0.593. The molecule has 0 radical (unpaired) electrons. The van der Waals surface area contributed by atoms with Crippen LogP contribution in [-0.2, 0) is 0 Å². The van der Waals surface area contributed by atoms with Gasteiger partial charge in [-0.15, -0.1) is 0 Å². The molecule has 1 aromatic heterocycles. The van der Waals surface area contributed by atoms with Crippen molar-refractivity contribution in [3.05, 3.63) is 41.9 Å². The molecule has 0 aliphatic carbocycles. The predicted molar refractivity (Wildman–Crippen MR) is 79.9 cm³/mol. The summed E-state index contributed by atoms with van der Waals surface area (Å²) in [4.78, 5) is 11.6. The number of hydrogen-bond donors (Lipinski definition) is 1. The number of methoxy groups -OCH3 is 2. The average molecular weight is 340 g/mol. The van der Waals surface area contributed by atoms with Crippen molar-refractivity contribution < 1.29 is 32.2 Å². The van der Waals surface area contributed by atoms with E-state index in [1.165, 1.54) is 44.9 Å². The Balaban J connectivity index is 2.18. The zero-order chi connectivity index (χ0) is 17.5. The van der Waals surface area contributed by atoms with Gasteiger partial charge in [-0.2, -0.15) is 13.9 Å². The lowest BCUT2D eigenvalue weighted by atomic mass is 10.2. The van der Waals surface area contributed by atoms with E-state index in [2.05, 4.69) is 15.3 Å². The van der Waals surface area contributed by atoms with Crippen molar-refractivity contribution in [2.24, 2.45) is 5.10 Å². The molecule has 0 aliphatic heterocycles. The van der Waals surface area contributed by atoms with Gasteiger partial charge in [0.25, 0.3) is 0 Å². The second-order valence-corrected chi connectivity index (χ2v) is 4.31. The second-order valence-electron chi connectivity index (χ2n) is 4.31. The van der Waals surface area contributed by atoms with E-state index in [0.717, 1.165) is 0 Å². The van der Waals surface area contributed by atoms with Crippen LogP contribution in [0.1, 0.15) is 16.1 Å². The first-order valence-corrected chi connectivity index (χ1v) is 6.63. The number of rotatable bonds is 7. The van der Waals surface area contributed by atoms with Crippen LogP contribution in [0.25, 0.3) is 0 Å². The highest BCUT2D eigenvalue weighted by Crippen LogP contribution is 2.39. The molecule has 2 aromatic rings. The molecule has 1 N–H and O–H groups in total. The summed E-state index contributed by atoms with van der Waals surface area (Å²) in [7, 11) is 2.60. The lowest BCUT2D eigenvalue weighted by Crippen LogP contribution is -2.16. The lowest BCUT2D eigenvalue weighted by molar-refractivity contribution is -0.0526. The number of amides is 1. The molecule has 0 unspecified atom stereocenters. The molecule has 2 rings (SSSR count). The fourth-order valence-electron chi connectivity index (χ4n) is 1.81. The maximum atomic E-state index is 12.5. The van der Waals surface area contributed by atoms with E-state index in [1.54, 1.807) is 6.07 Å². The molecule has 1 heterocycles. The number of hydrogen-bond acceptors (Lipinski definition) is 6. The Hall–Kier alpha value is -3.10. The summed E-state index contributed by atoms with van der Waals surface area (Å²) in [5, 5.41) is 3.75. The van der Waals surface area contributed by atoms with Gasteiger partial charge in [0.1, 0.15) is 0 Å². The Morgan fingerprint density at radius 1 is 1.29 bits per heavy atom. The van der Waals surface area contributed by atoms with Gasteiger partial charge in [-0.1, -0.05) is 0 Å². The van der Waals surface area contributed by atoms with Gasteiger partial charge in [0.2, 0.25) is 5.75 Å². The maximum absolute atomic E-state index is 12.5. The van der Waals surface area contributed by atoms with Crippen LogP contribution in [0.5, 0.6) is 17.2 Å². The molecule has 0 saturated carbocycles. The van der Waals surface area contributed by atoms with Crippen molar-refractivity contribution in [3.63, 3.8) is 0 Å². The number of carbonyl (C=O) groups excluding carboxylic acids is 1. The summed E-state index contributed by atoms with van der Waals surface area (Å²) in [5.41, 5.74) is 2.69. The number of nitrogens with zero attached hydrogens (tertiary/aromatic N) is 1. The van der Waals surface area contributed by atoms with Crippen LogP contribution in [0.4, 0.5) is 8.78 Å². The number of hydrazone groups is 1. The van der Waals surface area contributed by atoms with Crippen LogP contribution in [-0.4, -0.2) is 33.0 Å². The van der Waals surface area contributed by atoms with Gasteiger partial charge < -0.3 is 18.6 Å². The molecule has 0 bridgehead atoms. The highest BCUT2D eigenvalue weighted by atomic mass is 19.3. The largest absolute Gasteiger partial charge is 0.493 e. The van der Waals surface area contributed by atoms with Crippen molar-refractivity contribution in [1.82, 2.24) is 5.43 Å². The Morgan fingerprint density at radius 2 is 1.96 bits per heavy atom. The Labute approximate surface area is 135 Å². The molecule has 1 aromatic carbocycles. The summed E-state index contributed by atoms with van der Waals surface area (Å²) in [6.45, 7) is -3.03. The molecule has 0 atom stereocenters. The first-order chi connectivity index (χ1) is 11.5. The summed E-state index contributed by atoms with van der Waals surface area (Å²) >= 11 is 0. The predicted octanol–water partition coefficient (Wildman–Crippen LogP) is 2.66. The van der Waals surface area contributed by atoms with Crippen molar-refractivity contribution >= 4 is 12.1 Å². The summed E-state index contributed by atoms with van der Waals surface area (Å²) in [6.07, 6.45) is 2.65. The van der Waals surface area contributed by atoms with Crippen molar-refractivity contribution in [3.8, 4) is 17.2 Å². The summed E-state index contributed by atoms with van der Waals surface area (Å²) < 4.78 is 44.3. The van der Waals surface area contributed by atoms with Gasteiger partial charge in [0.15, 0.2) is 17.3 Å². The Morgan fingerprint density at radius 3 is 2.46 bits per heavy atom. The fraction of sp³-hybridized carbons (Fsp3) is 0.200. The zero-order valence-corrected chi connectivity index (χ0v) is 12.8. The van der Waals surface area contributed by atoms with Gasteiger partial charge in [-0.25, -0.2) is 5.43 Å². The van der Waals surface area contributed by atoms with Gasteiger partial charge in [0, 0.05) is 5.56 Å². The van der Waals surface area contributed by atoms with Gasteiger partial charge in [-0.3, -0.25) is 4.79 Å². The first kappa shape index (κ1) is 17.3. The third kappa shape index (κ3) is 4.22. The highest BCUT2D eigenvalue weighted by molar-refractivity contribution is 5.92. The number of alkyl halides is 2. The number of furan rings is 1. The molecular weight excluding hydrogens is 326 g/mol. The van der Waals surface area contributed by atoms with Crippen molar-refractivity contribution in [1.29, 1.82) is 0 Å². The number of carbonyl (C=O) groups is 1. The third-order valence-corrected chi connectivity index (χ3v) is 2.81. The molecular formula is C15H14F2N2O5. The van der Waals surface area contributed by atoms with E-state index >= 15 is 0 Å². The monoisotopic (exact) mass is 340 g/mol. The van der Waals surface area contributed by atoms with Crippen LogP contribution in [0.3, 0.4) is 0 Å². The van der Waals surface area contributed by atoms with Crippen LogP contribution in [0, 0.1) is 0 Å². The lowest BCUT2D eigenvalue weighted by Gasteiger charge is -2.14. The van der Waals surface area contributed by atoms with Gasteiger partial charge in [-0.05, 0) is 24.3 Å². The quantitative estimate of drug-likeness (QED) is 0.619. The molecule has 24 heavy (non-hydrogen) atoms. The molecule has 0 fully saturated rings. The fourth-order valence-corrected chi connectivity index (χ4v) is 1.81. The standard InChI is InChI=1S/C15H14F2N2O5/c1-21-11-6-9(7-12(22-2)13(11)24-15(16)17)8-18-19-14(20)10-4-3-5-23-10/h3-8,15H,1-2H3,(H,19,20)/b18-8-. The molecule has 0 spiro atoms. The number of ether oxygens (including phenoxy) is 3. The van der Waals surface area contributed by atoms with E-state index in [0.29, 0.717) is 5.56 Å². The minimum absolute atomic E-state index is 0.0356. The van der Waals surface area contributed by atoms with E-state index in [-0.39, 0.29) is 23.0 Å². The number of nitrogens with one attached hydrogen (secondary N) is 1. The van der Waals surface area contributed by atoms with Crippen molar-refractivity contribution in [2.45, 2.75) is 6.61 Å². The minimum Gasteiger partial charge on any atom is -0.493 e. The van der Waals surface area contributed by atoms with Crippen LogP contribution in [0.2, 0.25) is 0 Å². The highest BCUT2D eigenvalue weighted by Gasteiger charge is 2.17. The zero-order valence-electron chi connectivity index (χ0n) is 12.8. The van der Waals surface area contributed by atoms with E-state index < -0.39 is 12.5 Å². The number of benzene rings is 1. The number of halogens is 2. The Bertz CT molecular complexity index is 692. The Kier molecular flexibility index (Phi) is 5.72. The maximum Gasteiger partial charge on any atom is 0.387 e. The SMILES string of the molecule is COc1cc(/C=N\NC(=O)c2ccco2)cc(OC)c1OC(F)F. The van der Waals surface area contributed by atoms with E-state index in [9.17, 15) is 13.6 Å².